The maximum atomic E-state index is 5.59. The van der Waals surface area contributed by atoms with E-state index in [0.29, 0.717) is 11.6 Å². The van der Waals surface area contributed by atoms with Crippen molar-refractivity contribution in [3.63, 3.8) is 0 Å². The van der Waals surface area contributed by atoms with Gasteiger partial charge in [-0.2, -0.15) is 0 Å². The molecule has 0 fully saturated rings. The van der Waals surface area contributed by atoms with E-state index >= 15 is 0 Å². The zero-order valence-electron chi connectivity index (χ0n) is 9.71. The molecule has 2 aromatic heterocycles. The molecule has 0 aromatic carbocycles. The summed E-state index contributed by atoms with van der Waals surface area (Å²) in [6.45, 7) is 3.92. The molecule has 0 bridgehead atoms. The number of aryl methyl sites for hydroxylation is 2. The quantitative estimate of drug-likeness (QED) is 0.824. The fourth-order valence-electron chi connectivity index (χ4n) is 1.56. The molecule has 0 aliphatic rings. The monoisotopic (exact) mass is 247 g/mol. The molecular weight excluding hydrogens is 234 g/mol. The lowest BCUT2D eigenvalue weighted by molar-refractivity contribution is 0.827. The van der Waals surface area contributed by atoms with Gasteiger partial charge in [0.15, 0.2) is 0 Å². The molecule has 0 amide bonds. The molecule has 0 unspecified atom stereocenters. The van der Waals surface area contributed by atoms with Gasteiger partial charge >= 0.3 is 0 Å². The van der Waals surface area contributed by atoms with Crippen LogP contribution in [0.2, 0.25) is 0 Å². The fraction of sp³-hybridized carbons (Fsp3) is 0.273. The summed E-state index contributed by atoms with van der Waals surface area (Å²) < 4.78 is 1.84. The molecule has 6 heteroatoms. The Kier molecular flexibility index (Phi) is 3.14. The van der Waals surface area contributed by atoms with Crippen LogP contribution in [0.5, 0.6) is 0 Å². The van der Waals surface area contributed by atoms with Gasteiger partial charge in [0.05, 0.1) is 0 Å². The van der Waals surface area contributed by atoms with Gasteiger partial charge in [0.1, 0.15) is 16.5 Å². The van der Waals surface area contributed by atoms with Gasteiger partial charge in [0.25, 0.3) is 0 Å². The maximum absolute atomic E-state index is 5.59. The van der Waals surface area contributed by atoms with Crippen LogP contribution in [0.4, 0.5) is 0 Å². The van der Waals surface area contributed by atoms with Gasteiger partial charge in [-0.3, -0.25) is 4.57 Å². The SMILES string of the molecule is CCc1nccn1-c1nc(C)cc(C(N)=S)n1. The van der Waals surface area contributed by atoms with Crippen molar-refractivity contribution in [3.8, 4) is 5.95 Å². The van der Waals surface area contributed by atoms with Crippen LogP contribution in [0, 0.1) is 6.92 Å². The second-order valence-corrected chi connectivity index (χ2v) is 4.07. The van der Waals surface area contributed by atoms with Gasteiger partial charge in [0.2, 0.25) is 5.95 Å². The second kappa shape index (κ2) is 4.58. The Hall–Kier alpha value is -1.82. The number of imidazole rings is 1. The van der Waals surface area contributed by atoms with Crippen LogP contribution in [0.15, 0.2) is 18.5 Å². The molecule has 88 valence electrons. The third-order valence-electron chi connectivity index (χ3n) is 2.34. The van der Waals surface area contributed by atoms with E-state index in [-0.39, 0.29) is 4.99 Å². The van der Waals surface area contributed by atoms with Gasteiger partial charge in [-0.25, -0.2) is 15.0 Å². The van der Waals surface area contributed by atoms with Crippen molar-refractivity contribution in [2.45, 2.75) is 20.3 Å². The zero-order valence-corrected chi connectivity index (χ0v) is 10.5. The number of hydrogen-bond acceptors (Lipinski definition) is 4. The third kappa shape index (κ3) is 2.31. The van der Waals surface area contributed by atoms with E-state index in [1.807, 2.05) is 24.6 Å². The number of aromatic nitrogens is 4. The van der Waals surface area contributed by atoms with E-state index in [2.05, 4.69) is 15.0 Å². The molecule has 0 saturated carbocycles. The topological polar surface area (TPSA) is 69.6 Å². The lowest BCUT2D eigenvalue weighted by atomic mass is 10.3. The van der Waals surface area contributed by atoms with Crippen molar-refractivity contribution in [3.05, 3.63) is 35.7 Å². The van der Waals surface area contributed by atoms with E-state index in [9.17, 15) is 0 Å². The number of nitrogens with two attached hydrogens (primary N) is 1. The molecule has 0 aliphatic carbocycles. The molecule has 5 nitrogen and oxygen atoms in total. The van der Waals surface area contributed by atoms with E-state index in [1.165, 1.54) is 0 Å². The van der Waals surface area contributed by atoms with Gasteiger partial charge in [-0.15, -0.1) is 0 Å². The summed E-state index contributed by atoms with van der Waals surface area (Å²) in [7, 11) is 0. The van der Waals surface area contributed by atoms with E-state index in [4.69, 9.17) is 18.0 Å². The Morgan fingerprint density at radius 2 is 2.24 bits per heavy atom. The summed E-state index contributed by atoms with van der Waals surface area (Å²) in [6.07, 6.45) is 4.37. The predicted molar refractivity (Wildman–Crippen MR) is 69.2 cm³/mol. The molecule has 0 aliphatic heterocycles. The summed E-state index contributed by atoms with van der Waals surface area (Å²) >= 11 is 4.93. The summed E-state index contributed by atoms with van der Waals surface area (Å²) in [4.78, 5) is 13.2. The van der Waals surface area contributed by atoms with Gasteiger partial charge in [-0.1, -0.05) is 19.1 Å². The van der Waals surface area contributed by atoms with Crippen LogP contribution >= 0.6 is 12.2 Å². The highest BCUT2D eigenvalue weighted by molar-refractivity contribution is 7.80. The molecule has 0 spiro atoms. The normalized spacial score (nSPS) is 10.5. The first-order chi connectivity index (χ1) is 8.11. The maximum Gasteiger partial charge on any atom is 0.235 e. The molecule has 0 atom stereocenters. The summed E-state index contributed by atoms with van der Waals surface area (Å²) in [5.41, 5.74) is 7.00. The van der Waals surface area contributed by atoms with Crippen LogP contribution in [-0.4, -0.2) is 24.5 Å². The van der Waals surface area contributed by atoms with Gasteiger partial charge < -0.3 is 5.73 Å². The van der Waals surface area contributed by atoms with Crippen molar-refractivity contribution in [2.75, 3.05) is 0 Å². The summed E-state index contributed by atoms with van der Waals surface area (Å²) in [6, 6.07) is 1.77. The standard InChI is InChI=1S/C11H13N5S/c1-3-9-13-4-5-16(9)11-14-7(2)6-8(15-11)10(12)17/h4-6H,3H2,1-2H3,(H2,12,17). The summed E-state index contributed by atoms with van der Waals surface area (Å²) in [5, 5.41) is 0. The van der Waals surface area contributed by atoms with Crippen molar-refractivity contribution < 1.29 is 0 Å². The minimum absolute atomic E-state index is 0.273. The van der Waals surface area contributed by atoms with Crippen LogP contribution in [-0.2, 0) is 6.42 Å². The fourth-order valence-corrected chi connectivity index (χ4v) is 1.67. The number of hydrogen-bond donors (Lipinski definition) is 1. The number of nitrogens with zero attached hydrogens (tertiary/aromatic N) is 4. The van der Waals surface area contributed by atoms with Crippen molar-refractivity contribution in [2.24, 2.45) is 5.73 Å². The highest BCUT2D eigenvalue weighted by Crippen LogP contribution is 2.09. The van der Waals surface area contributed by atoms with Crippen molar-refractivity contribution >= 4 is 17.2 Å². The average Bonchev–Trinajstić information content (AvgIpc) is 2.76. The van der Waals surface area contributed by atoms with Crippen LogP contribution in [0.1, 0.15) is 24.1 Å². The molecule has 2 heterocycles. The van der Waals surface area contributed by atoms with E-state index in [1.54, 1.807) is 12.3 Å². The van der Waals surface area contributed by atoms with Crippen LogP contribution in [0.3, 0.4) is 0 Å². The Labute approximate surface area is 105 Å². The Morgan fingerprint density at radius 1 is 1.47 bits per heavy atom. The lowest BCUT2D eigenvalue weighted by Gasteiger charge is -2.07. The van der Waals surface area contributed by atoms with Crippen molar-refractivity contribution in [1.29, 1.82) is 0 Å². The van der Waals surface area contributed by atoms with E-state index < -0.39 is 0 Å². The average molecular weight is 247 g/mol. The highest BCUT2D eigenvalue weighted by Gasteiger charge is 2.09. The molecular formula is C11H13N5S. The third-order valence-corrected chi connectivity index (χ3v) is 2.55. The van der Waals surface area contributed by atoms with Crippen LogP contribution in [0.25, 0.3) is 5.95 Å². The van der Waals surface area contributed by atoms with E-state index in [0.717, 1.165) is 17.9 Å². The van der Waals surface area contributed by atoms with Gasteiger partial charge in [0, 0.05) is 24.5 Å². The molecule has 2 N–H and O–H groups in total. The first-order valence-electron chi connectivity index (χ1n) is 5.30. The van der Waals surface area contributed by atoms with Gasteiger partial charge in [-0.05, 0) is 13.0 Å². The molecule has 2 rings (SSSR count). The number of rotatable bonds is 3. The smallest absolute Gasteiger partial charge is 0.235 e. The van der Waals surface area contributed by atoms with Crippen LogP contribution < -0.4 is 5.73 Å². The first-order valence-corrected chi connectivity index (χ1v) is 5.70. The Morgan fingerprint density at radius 3 is 2.88 bits per heavy atom. The Bertz CT molecular complexity index is 561. The lowest BCUT2D eigenvalue weighted by Crippen LogP contribution is -2.15. The largest absolute Gasteiger partial charge is 0.388 e. The first kappa shape index (κ1) is 11.7. The predicted octanol–water partition coefficient (Wildman–Crippen LogP) is 1.17. The Balaban J connectivity index is 2.56. The molecule has 0 saturated heterocycles. The minimum Gasteiger partial charge on any atom is -0.388 e. The minimum atomic E-state index is 0.273. The molecule has 17 heavy (non-hydrogen) atoms. The zero-order chi connectivity index (χ0) is 12.4. The second-order valence-electron chi connectivity index (χ2n) is 3.63. The summed E-state index contributed by atoms with van der Waals surface area (Å²) in [5.74, 6) is 1.46. The highest BCUT2D eigenvalue weighted by atomic mass is 32.1. The molecule has 0 radical (unpaired) electrons. The molecule has 2 aromatic rings. The van der Waals surface area contributed by atoms with Crippen molar-refractivity contribution in [1.82, 2.24) is 19.5 Å². The number of thiocarbonyl (C=S) groups is 1.